The fourth-order valence-corrected chi connectivity index (χ4v) is 2.28. The minimum Gasteiger partial charge on any atom is -0.493 e. The van der Waals surface area contributed by atoms with Gasteiger partial charge in [-0.1, -0.05) is 25.1 Å². The maximum absolute atomic E-state index is 5.77. The number of benzene rings is 1. The Balaban J connectivity index is 1.93. The SMILES string of the molecule is CCCOCC(NN)C1COc2ccccc2C1. The van der Waals surface area contributed by atoms with E-state index in [1.165, 1.54) is 5.56 Å². The maximum Gasteiger partial charge on any atom is 0.122 e. The van der Waals surface area contributed by atoms with E-state index in [1.807, 2.05) is 18.2 Å². The molecule has 1 aromatic rings. The zero-order valence-electron chi connectivity index (χ0n) is 10.9. The summed E-state index contributed by atoms with van der Waals surface area (Å²) in [6.07, 6.45) is 2.02. The Morgan fingerprint density at radius 1 is 1.50 bits per heavy atom. The number of ether oxygens (including phenoxy) is 2. The molecular formula is C14H22N2O2. The van der Waals surface area contributed by atoms with E-state index in [4.69, 9.17) is 15.3 Å². The molecule has 18 heavy (non-hydrogen) atoms. The third kappa shape index (κ3) is 3.22. The molecule has 0 saturated heterocycles. The second kappa shape index (κ2) is 6.73. The number of hydrogen-bond acceptors (Lipinski definition) is 4. The molecule has 0 fully saturated rings. The van der Waals surface area contributed by atoms with Crippen molar-refractivity contribution in [2.75, 3.05) is 19.8 Å². The number of fused-ring (bicyclic) bond motifs is 1. The van der Waals surface area contributed by atoms with E-state index in [0.29, 0.717) is 19.1 Å². The highest BCUT2D eigenvalue weighted by atomic mass is 16.5. The van der Waals surface area contributed by atoms with Crippen LogP contribution in [0.2, 0.25) is 0 Å². The van der Waals surface area contributed by atoms with Gasteiger partial charge in [0.2, 0.25) is 0 Å². The summed E-state index contributed by atoms with van der Waals surface area (Å²) in [7, 11) is 0. The van der Waals surface area contributed by atoms with Crippen LogP contribution in [-0.4, -0.2) is 25.9 Å². The normalized spacial score (nSPS) is 20.0. The molecule has 4 heteroatoms. The first kappa shape index (κ1) is 13.3. The first-order valence-corrected chi connectivity index (χ1v) is 6.59. The predicted molar refractivity (Wildman–Crippen MR) is 71.4 cm³/mol. The molecule has 2 atom stereocenters. The van der Waals surface area contributed by atoms with Crippen molar-refractivity contribution in [3.63, 3.8) is 0 Å². The van der Waals surface area contributed by atoms with E-state index in [9.17, 15) is 0 Å². The Labute approximate surface area is 108 Å². The average Bonchev–Trinajstić information content (AvgIpc) is 2.43. The number of para-hydroxylation sites is 1. The molecule has 1 aliphatic rings. The summed E-state index contributed by atoms with van der Waals surface area (Å²) >= 11 is 0. The maximum atomic E-state index is 5.77. The second-order valence-electron chi connectivity index (χ2n) is 4.73. The molecule has 2 rings (SSSR count). The molecule has 0 bridgehead atoms. The Bertz CT molecular complexity index is 371. The molecule has 0 amide bonds. The van der Waals surface area contributed by atoms with Crippen LogP contribution < -0.4 is 16.0 Å². The van der Waals surface area contributed by atoms with Gasteiger partial charge in [0.1, 0.15) is 5.75 Å². The quantitative estimate of drug-likeness (QED) is 0.456. The van der Waals surface area contributed by atoms with Gasteiger partial charge >= 0.3 is 0 Å². The van der Waals surface area contributed by atoms with Crippen molar-refractivity contribution in [3.8, 4) is 5.75 Å². The molecule has 0 spiro atoms. The Kier molecular flexibility index (Phi) is 4.99. The van der Waals surface area contributed by atoms with Crippen LogP contribution in [0.4, 0.5) is 0 Å². The number of hydrazine groups is 1. The van der Waals surface area contributed by atoms with E-state index >= 15 is 0 Å². The second-order valence-corrected chi connectivity index (χ2v) is 4.73. The van der Waals surface area contributed by atoms with Gasteiger partial charge in [-0.05, 0) is 24.5 Å². The molecule has 1 heterocycles. The Hall–Kier alpha value is -1.10. The van der Waals surface area contributed by atoms with Crippen LogP contribution in [-0.2, 0) is 11.2 Å². The van der Waals surface area contributed by atoms with Crippen molar-refractivity contribution in [2.45, 2.75) is 25.8 Å². The van der Waals surface area contributed by atoms with Gasteiger partial charge in [-0.25, -0.2) is 0 Å². The van der Waals surface area contributed by atoms with Gasteiger partial charge in [0.05, 0.1) is 19.3 Å². The smallest absolute Gasteiger partial charge is 0.122 e. The van der Waals surface area contributed by atoms with Gasteiger partial charge < -0.3 is 9.47 Å². The minimum atomic E-state index is 0.143. The summed E-state index contributed by atoms with van der Waals surface area (Å²) in [6, 6.07) is 8.32. The monoisotopic (exact) mass is 250 g/mol. The van der Waals surface area contributed by atoms with E-state index < -0.39 is 0 Å². The van der Waals surface area contributed by atoms with Gasteiger partial charge in [-0.3, -0.25) is 11.3 Å². The van der Waals surface area contributed by atoms with Crippen LogP contribution in [0, 0.1) is 5.92 Å². The molecule has 2 unspecified atom stereocenters. The first-order chi connectivity index (χ1) is 8.85. The lowest BCUT2D eigenvalue weighted by molar-refractivity contribution is 0.0754. The molecule has 1 aromatic carbocycles. The van der Waals surface area contributed by atoms with Crippen molar-refractivity contribution < 1.29 is 9.47 Å². The van der Waals surface area contributed by atoms with E-state index in [1.54, 1.807) is 0 Å². The first-order valence-electron chi connectivity index (χ1n) is 6.59. The lowest BCUT2D eigenvalue weighted by Gasteiger charge is -2.31. The number of hydrogen-bond donors (Lipinski definition) is 2. The molecule has 4 nitrogen and oxygen atoms in total. The Morgan fingerprint density at radius 3 is 3.11 bits per heavy atom. The van der Waals surface area contributed by atoms with Gasteiger partial charge in [-0.2, -0.15) is 0 Å². The van der Waals surface area contributed by atoms with Crippen LogP contribution in [0.3, 0.4) is 0 Å². The molecule has 0 radical (unpaired) electrons. The summed E-state index contributed by atoms with van der Waals surface area (Å²) in [4.78, 5) is 0. The molecule has 0 aliphatic carbocycles. The van der Waals surface area contributed by atoms with E-state index in [0.717, 1.165) is 25.2 Å². The number of nitrogens with two attached hydrogens (primary N) is 1. The molecule has 3 N–H and O–H groups in total. The molecule has 0 saturated carbocycles. The van der Waals surface area contributed by atoms with Crippen LogP contribution in [0.25, 0.3) is 0 Å². The predicted octanol–water partition coefficient (Wildman–Crippen LogP) is 1.50. The highest BCUT2D eigenvalue weighted by molar-refractivity contribution is 5.35. The lowest BCUT2D eigenvalue weighted by Crippen LogP contribution is -2.48. The zero-order chi connectivity index (χ0) is 12.8. The van der Waals surface area contributed by atoms with Crippen LogP contribution in [0.5, 0.6) is 5.75 Å². The highest BCUT2D eigenvalue weighted by Gasteiger charge is 2.26. The molecule has 100 valence electrons. The summed E-state index contributed by atoms with van der Waals surface area (Å²) in [6.45, 7) is 4.22. The minimum absolute atomic E-state index is 0.143. The van der Waals surface area contributed by atoms with Crippen molar-refractivity contribution in [2.24, 2.45) is 11.8 Å². The topological polar surface area (TPSA) is 56.5 Å². The van der Waals surface area contributed by atoms with Gasteiger partial charge in [0.25, 0.3) is 0 Å². The average molecular weight is 250 g/mol. The number of nitrogens with one attached hydrogen (secondary N) is 1. The van der Waals surface area contributed by atoms with Gasteiger partial charge in [0, 0.05) is 12.5 Å². The summed E-state index contributed by atoms with van der Waals surface area (Å²) in [5.41, 5.74) is 4.11. The van der Waals surface area contributed by atoms with Crippen LogP contribution in [0.15, 0.2) is 24.3 Å². The summed E-state index contributed by atoms with van der Waals surface area (Å²) < 4.78 is 11.4. The zero-order valence-corrected chi connectivity index (χ0v) is 10.9. The van der Waals surface area contributed by atoms with Crippen molar-refractivity contribution in [1.29, 1.82) is 0 Å². The van der Waals surface area contributed by atoms with Crippen molar-refractivity contribution in [3.05, 3.63) is 29.8 Å². The van der Waals surface area contributed by atoms with Crippen LogP contribution in [0.1, 0.15) is 18.9 Å². The largest absolute Gasteiger partial charge is 0.493 e. The lowest BCUT2D eigenvalue weighted by atomic mass is 9.91. The summed E-state index contributed by atoms with van der Waals surface area (Å²) in [5, 5.41) is 0. The number of rotatable bonds is 6. The molecular weight excluding hydrogens is 228 g/mol. The van der Waals surface area contributed by atoms with E-state index in [2.05, 4.69) is 18.4 Å². The Morgan fingerprint density at radius 2 is 2.33 bits per heavy atom. The highest BCUT2D eigenvalue weighted by Crippen LogP contribution is 2.28. The van der Waals surface area contributed by atoms with E-state index in [-0.39, 0.29) is 6.04 Å². The third-order valence-electron chi connectivity index (χ3n) is 3.34. The van der Waals surface area contributed by atoms with Gasteiger partial charge in [0.15, 0.2) is 0 Å². The van der Waals surface area contributed by atoms with Crippen molar-refractivity contribution in [1.82, 2.24) is 5.43 Å². The van der Waals surface area contributed by atoms with Crippen molar-refractivity contribution >= 4 is 0 Å². The standard InChI is InChI=1S/C14H22N2O2/c1-2-7-17-10-13(16-15)12-8-11-5-3-4-6-14(11)18-9-12/h3-6,12-13,16H,2,7-10,15H2,1H3. The molecule has 1 aliphatic heterocycles. The molecule has 0 aromatic heterocycles. The third-order valence-corrected chi connectivity index (χ3v) is 3.34. The fourth-order valence-electron chi connectivity index (χ4n) is 2.28. The summed E-state index contributed by atoms with van der Waals surface area (Å²) in [5.74, 6) is 6.98. The van der Waals surface area contributed by atoms with Gasteiger partial charge in [-0.15, -0.1) is 0 Å². The van der Waals surface area contributed by atoms with Crippen LogP contribution >= 0.6 is 0 Å². The fraction of sp³-hybridized carbons (Fsp3) is 0.571.